The number of carboxylic acid groups (broad SMARTS) is 1. The van der Waals surface area contributed by atoms with Gasteiger partial charge in [0.05, 0.1) is 6.26 Å². The van der Waals surface area contributed by atoms with E-state index in [9.17, 15) is 19.5 Å². The van der Waals surface area contributed by atoms with Crippen LogP contribution in [0.15, 0.2) is 65.3 Å². The van der Waals surface area contributed by atoms with Gasteiger partial charge in [0.15, 0.2) is 11.5 Å². The summed E-state index contributed by atoms with van der Waals surface area (Å²) < 4.78 is 5.16. The number of nitrogens with zero attached hydrogens (tertiary/aromatic N) is 1. The number of aryl methyl sites for hydroxylation is 2. The molecule has 2 aromatic heterocycles. The van der Waals surface area contributed by atoms with Crippen molar-refractivity contribution in [3.05, 3.63) is 89.0 Å². The Kier molecular flexibility index (Phi) is 7.96. The quantitative estimate of drug-likeness (QED) is 0.150. The maximum atomic E-state index is 13.2. The van der Waals surface area contributed by atoms with Crippen LogP contribution in [0.2, 0.25) is 0 Å². The second-order valence-electron chi connectivity index (χ2n) is 8.15. The highest BCUT2D eigenvalue weighted by atomic mass is 35.5. The number of amides is 1. The van der Waals surface area contributed by atoms with Crippen molar-refractivity contribution in [1.82, 2.24) is 4.98 Å². The number of nitrogen functional groups attached to an aromatic ring is 1. The molecule has 9 nitrogen and oxygen atoms in total. The largest absolute Gasteiger partial charge is 0.480 e. The van der Waals surface area contributed by atoms with Crippen molar-refractivity contribution in [3.63, 3.8) is 0 Å². The number of furan rings is 1. The van der Waals surface area contributed by atoms with Crippen LogP contribution in [0.4, 0.5) is 5.69 Å². The number of carbonyl (C=O) groups excluding carboxylic acids is 2. The monoisotopic (exact) mass is 508 g/mol. The first-order valence-corrected chi connectivity index (χ1v) is 10.9. The Morgan fingerprint density at radius 3 is 2.44 bits per heavy atom. The molecule has 0 fully saturated rings. The average molecular weight is 509 g/mol. The standard InChI is InChI=1S/C26H24N4O5.ClH/c1-15-24(21(31)11-6-16-4-7-17(8-5-16)25(27)28)19-13-18(9-10-20(19)29-15)30(14-23(32)33)26(34)22-3-2-12-35-22;/h2-5,7-10,12-13,29H,6,11,14H2,1H3,(H3,27,28)(H,32,33);1H. The number of carbonyl (C=O) groups is 3. The number of rotatable bonds is 9. The van der Waals surface area contributed by atoms with E-state index < -0.39 is 18.4 Å². The maximum Gasteiger partial charge on any atom is 0.323 e. The number of fused-ring (bicyclic) bond motifs is 1. The van der Waals surface area contributed by atoms with Crippen LogP contribution < -0.4 is 10.6 Å². The number of hydrogen-bond acceptors (Lipinski definition) is 5. The van der Waals surface area contributed by atoms with Crippen molar-refractivity contribution in [3.8, 4) is 0 Å². The molecule has 1 amide bonds. The van der Waals surface area contributed by atoms with E-state index >= 15 is 0 Å². The highest BCUT2D eigenvalue weighted by molar-refractivity contribution is 6.12. The van der Waals surface area contributed by atoms with Crippen LogP contribution in [-0.4, -0.2) is 40.1 Å². The van der Waals surface area contributed by atoms with Crippen LogP contribution in [0, 0.1) is 12.3 Å². The molecule has 5 N–H and O–H groups in total. The molecule has 4 aromatic rings. The normalized spacial score (nSPS) is 10.6. The number of Topliss-reactive ketones (excluding diaryl/α,β-unsaturated/α-hetero) is 1. The van der Waals surface area contributed by atoms with Crippen LogP contribution in [-0.2, 0) is 11.2 Å². The van der Waals surface area contributed by atoms with Gasteiger partial charge in [-0.1, -0.05) is 24.3 Å². The third-order valence-corrected chi connectivity index (χ3v) is 5.74. The molecule has 0 aliphatic heterocycles. The summed E-state index contributed by atoms with van der Waals surface area (Å²) >= 11 is 0. The fraction of sp³-hybridized carbons (Fsp3) is 0.154. The Morgan fingerprint density at radius 1 is 1.11 bits per heavy atom. The predicted molar refractivity (Wildman–Crippen MR) is 138 cm³/mol. The van der Waals surface area contributed by atoms with E-state index in [1.807, 2.05) is 12.1 Å². The van der Waals surface area contributed by atoms with Gasteiger partial charge in [0.1, 0.15) is 12.4 Å². The lowest BCUT2D eigenvalue weighted by Gasteiger charge is -2.20. The van der Waals surface area contributed by atoms with Gasteiger partial charge in [-0.25, -0.2) is 0 Å². The number of benzene rings is 2. The zero-order chi connectivity index (χ0) is 25.1. The maximum absolute atomic E-state index is 13.2. The molecule has 0 atom stereocenters. The van der Waals surface area contributed by atoms with Crippen LogP contribution in [0.25, 0.3) is 10.9 Å². The fourth-order valence-corrected chi connectivity index (χ4v) is 4.02. The Labute approximate surface area is 212 Å². The third-order valence-electron chi connectivity index (χ3n) is 5.74. The minimum atomic E-state index is -1.18. The van der Waals surface area contributed by atoms with Crippen LogP contribution in [0.3, 0.4) is 0 Å². The lowest BCUT2D eigenvalue weighted by molar-refractivity contribution is -0.135. The van der Waals surface area contributed by atoms with E-state index in [0.29, 0.717) is 39.8 Å². The molecule has 0 aliphatic rings. The van der Waals surface area contributed by atoms with Crippen molar-refractivity contribution in [1.29, 1.82) is 5.41 Å². The van der Waals surface area contributed by atoms with Crippen molar-refractivity contribution < 1.29 is 23.9 Å². The molecule has 2 heterocycles. The summed E-state index contributed by atoms with van der Waals surface area (Å²) in [5, 5.41) is 17.5. The van der Waals surface area contributed by atoms with Crippen molar-refractivity contribution in [2.45, 2.75) is 19.8 Å². The van der Waals surface area contributed by atoms with E-state index in [4.69, 9.17) is 15.6 Å². The van der Waals surface area contributed by atoms with E-state index in [0.717, 1.165) is 10.5 Å². The number of halogens is 1. The van der Waals surface area contributed by atoms with Gasteiger partial charge >= 0.3 is 5.97 Å². The van der Waals surface area contributed by atoms with Crippen molar-refractivity contribution >= 4 is 52.5 Å². The number of ketones is 1. The van der Waals surface area contributed by atoms with Crippen LogP contribution in [0.1, 0.15) is 44.2 Å². The molecule has 0 unspecified atom stereocenters. The second-order valence-corrected chi connectivity index (χ2v) is 8.15. The Balaban J connectivity index is 0.00000361. The van der Waals surface area contributed by atoms with E-state index in [1.165, 1.54) is 12.3 Å². The first-order chi connectivity index (χ1) is 16.7. The Morgan fingerprint density at radius 2 is 1.83 bits per heavy atom. The molecule has 4 rings (SSSR count). The number of carboxylic acids is 1. The number of amidine groups is 1. The average Bonchev–Trinajstić information content (AvgIpc) is 3.48. The van der Waals surface area contributed by atoms with Crippen molar-refractivity contribution in [2.75, 3.05) is 11.4 Å². The molecule has 0 spiro atoms. The summed E-state index contributed by atoms with van der Waals surface area (Å²) in [6.45, 7) is 1.24. The molecule has 0 aliphatic carbocycles. The number of nitrogens with one attached hydrogen (secondary N) is 2. The lowest BCUT2D eigenvalue weighted by Crippen LogP contribution is -2.35. The zero-order valence-corrected chi connectivity index (χ0v) is 20.2. The number of hydrogen-bond donors (Lipinski definition) is 4. The van der Waals surface area contributed by atoms with Crippen molar-refractivity contribution in [2.24, 2.45) is 5.73 Å². The van der Waals surface area contributed by atoms with Gasteiger partial charge in [-0.15, -0.1) is 12.4 Å². The second kappa shape index (κ2) is 10.9. The number of aliphatic carboxylic acids is 1. The first kappa shape index (κ1) is 26.2. The van der Waals surface area contributed by atoms with Crippen LogP contribution in [0.5, 0.6) is 0 Å². The summed E-state index contributed by atoms with van der Waals surface area (Å²) in [5.74, 6) is -1.85. The van der Waals surface area contributed by atoms with E-state index in [2.05, 4.69) is 4.98 Å². The molecular formula is C26H25ClN4O5. The topological polar surface area (TPSA) is 153 Å². The summed E-state index contributed by atoms with van der Waals surface area (Å²) in [4.78, 5) is 41.9. The van der Waals surface area contributed by atoms with Gasteiger partial charge in [0, 0.05) is 39.8 Å². The van der Waals surface area contributed by atoms with Gasteiger partial charge in [-0.2, -0.15) is 0 Å². The fourth-order valence-electron chi connectivity index (χ4n) is 4.02. The molecule has 0 saturated heterocycles. The molecule has 186 valence electrons. The summed E-state index contributed by atoms with van der Waals surface area (Å²) in [7, 11) is 0. The summed E-state index contributed by atoms with van der Waals surface area (Å²) in [6.07, 6.45) is 2.10. The summed E-state index contributed by atoms with van der Waals surface area (Å²) in [5.41, 5.74) is 9.30. The van der Waals surface area contributed by atoms with E-state index in [-0.39, 0.29) is 36.2 Å². The smallest absolute Gasteiger partial charge is 0.323 e. The summed E-state index contributed by atoms with van der Waals surface area (Å²) in [6, 6.07) is 15.2. The number of H-pyrrole nitrogens is 1. The lowest BCUT2D eigenvalue weighted by atomic mass is 9.99. The van der Waals surface area contributed by atoms with Gasteiger partial charge in [0.25, 0.3) is 5.91 Å². The third kappa shape index (κ3) is 5.47. The molecule has 0 saturated carbocycles. The number of aromatic amines is 1. The number of aromatic nitrogens is 1. The predicted octanol–water partition coefficient (Wildman–Crippen LogP) is 4.32. The molecule has 36 heavy (non-hydrogen) atoms. The van der Waals surface area contributed by atoms with Gasteiger partial charge < -0.3 is 20.2 Å². The minimum Gasteiger partial charge on any atom is -0.480 e. The molecule has 0 radical (unpaired) electrons. The Hall–Kier alpha value is -4.37. The molecule has 2 aromatic carbocycles. The van der Waals surface area contributed by atoms with Gasteiger partial charge in [-0.3, -0.25) is 24.7 Å². The Bertz CT molecular complexity index is 1420. The van der Waals surface area contributed by atoms with Gasteiger partial charge in [0.2, 0.25) is 0 Å². The molecule has 0 bridgehead atoms. The molecule has 10 heteroatoms. The minimum absolute atomic E-state index is 0. The SMILES string of the molecule is Cc1[nH]c2ccc(N(CC(=O)O)C(=O)c3ccco3)cc2c1C(=O)CCc1ccc(C(=N)N)cc1.Cl. The number of anilines is 1. The van der Waals surface area contributed by atoms with Crippen LogP contribution >= 0.6 is 12.4 Å². The first-order valence-electron chi connectivity index (χ1n) is 10.9. The highest BCUT2D eigenvalue weighted by Gasteiger charge is 2.24. The number of nitrogens with two attached hydrogens (primary N) is 1. The van der Waals surface area contributed by atoms with E-state index in [1.54, 1.807) is 43.3 Å². The molecular weight excluding hydrogens is 484 g/mol. The van der Waals surface area contributed by atoms with Gasteiger partial charge in [-0.05, 0) is 49.2 Å². The highest BCUT2D eigenvalue weighted by Crippen LogP contribution is 2.29. The zero-order valence-electron chi connectivity index (χ0n) is 19.4.